The van der Waals surface area contributed by atoms with E-state index in [9.17, 15) is 4.79 Å². The van der Waals surface area contributed by atoms with Crippen molar-refractivity contribution in [3.8, 4) is 23.7 Å². The van der Waals surface area contributed by atoms with Gasteiger partial charge in [-0.25, -0.2) is 4.79 Å². The van der Waals surface area contributed by atoms with Crippen LogP contribution in [0.3, 0.4) is 0 Å². The highest BCUT2D eigenvalue weighted by Gasteiger charge is 2.27. The third kappa shape index (κ3) is 3.51. The quantitative estimate of drug-likeness (QED) is 0.883. The SMILES string of the molecule is C#CCNC(=O)N1CCC(c2nc(-c3ccccc3)no2)CC1. The number of aromatic nitrogens is 2. The van der Waals surface area contributed by atoms with E-state index in [0.29, 0.717) is 24.8 Å². The Kier molecular flexibility index (Phi) is 4.57. The lowest BCUT2D eigenvalue weighted by Gasteiger charge is -2.30. The minimum Gasteiger partial charge on any atom is -0.339 e. The fourth-order valence-corrected chi connectivity index (χ4v) is 2.67. The van der Waals surface area contributed by atoms with E-state index in [1.54, 1.807) is 4.90 Å². The number of hydrogen-bond acceptors (Lipinski definition) is 4. The summed E-state index contributed by atoms with van der Waals surface area (Å²) in [5, 5.41) is 6.74. The number of carbonyl (C=O) groups is 1. The number of piperidine rings is 1. The van der Waals surface area contributed by atoms with Crippen molar-refractivity contribution in [2.45, 2.75) is 18.8 Å². The number of rotatable bonds is 3. The first kappa shape index (κ1) is 15.1. The summed E-state index contributed by atoms with van der Waals surface area (Å²) >= 11 is 0. The molecule has 3 rings (SSSR count). The van der Waals surface area contributed by atoms with Gasteiger partial charge in [0.25, 0.3) is 0 Å². The summed E-state index contributed by atoms with van der Waals surface area (Å²) in [6.45, 7) is 1.57. The predicted molar refractivity (Wildman–Crippen MR) is 85.5 cm³/mol. The molecule has 1 saturated heterocycles. The minimum atomic E-state index is -0.114. The number of likely N-dealkylation sites (tertiary alicyclic amines) is 1. The molecule has 2 heterocycles. The standard InChI is InChI=1S/C17H18N4O2/c1-2-10-18-17(22)21-11-8-14(9-12-21)16-19-15(20-23-16)13-6-4-3-5-7-13/h1,3-7,14H,8-12H2,(H,18,22). The fourth-order valence-electron chi connectivity index (χ4n) is 2.67. The predicted octanol–water partition coefficient (Wildman–Crippen LogP) is 2.26. The van der Waals surface area contributed by atoms with Crippen LogP contribution in [0.15, 0.2) is 34.9 Å². The van der Waals surface area contributed by atoms with Gasteiger partial charge in [0.2, 0.25) is 11.7 Å². The second-order valence-electron chi connectivity index (χ2n) is 5.45. The molecule has 6 nitrogen and oxygen atoms in total. The first-order valence-electron chi connectivity index (χ1n) is 7.63. The molecule has 2 aromatic rings. The molecule has 0 saturated carbocycles. The first-order valence-corrected chi connectivity index (χ1v) is 7.63. The second-order valence-corrected chi connectivity index (χ2v) is 5.45. The highest BCUT2D eigenvalue weighted by Crippen LogP contribution is 2.28. The first-order chi connectivity index (χ1) is 11.3. The van der Waals surface area contributed by atoms with E-state index in [2.05, 4.69) is 21.4 Å². The lowest BCUT2D eigenvalue weighted by molar-refractivity contribution is 0.176. The van der Waals surface area contributed by atoms with E-state index in [4.69, 9.17) is 10.9 Å². The smallest absolute Gasteiger partial charge is 0.318 e. The van der Waals surface area contributed by atoms with Crippen molar-refractivity contribution < 1.29 is 9.32 Å². The number of terminal acetylenes is 1. The van der Waals surface area contributed by atoms with Crippen molar-refractivity contribution >= 4 is 6.03 Å². The summed E-state index contributed by atoms with van der Waals surface area (Å²) < 4.78 is 5.41. The molecule has 0 aliphatic carbocycles. The Morgan fingerprint density at radius 2 is 2.09 bits per heavy atom. The van der Waals surface area contributed by atoms with Crippen molar-refractivity contribution in [2.75, 3.05) is 19.6 Å². The van der Waals surface area contributed by atoms with E-state index in [0.717, 1.165) is 18.4 Å². The molecule has 1 N–H and O–H groups in total. The van der Waals surface area contributed by atoms with E-state index < -0.39 is 0 Å². The number of urea groups is 1. The Balaban J connectivity index is 1.59. The van der Waals surface area contributed by atoms with E-state index in [-0.39, 0.29) is 18.5 Å². The summed E-state index contributed by atoms with van der Waals surface area (Å²) in [5.74, 6) is 3.84. The summed E-state index contributed by atoms with van der Waals surface area (Å²) in [6, 6.07) is 9.62. The Labute approximate surface area is 134 Å². The maximum atomic E-state index is 11.9. The van der Waals surface area contributed by atoms with Crippen LogP contribution in [0.2, 0.25) is 0 Å². The Hall–Kier alpha value is -2.81. The van der Waals surface area contributed by atoms with Crippen molar-refractivity contribution in [1.82, 2.24) is 20.4 Å². The van der Waals surface area contributed by atoms with Crippen LogP contribution in [0.25, 0.3) is 11.4 Å². The minimum absolute atomic E-state index is 0.114. The molecule has 6 heteroatoms. The highest BCUT2D eigenvalue weighted by molar-refractivity contribution is 5.74. The average molecular weight is 310 g/mol. The van der Waals surface area contributed by atoms with Crippen LogP contribution >= 0.6 is 0 Å². The lowest BCUT2D eigenvalue weighted by Crippen LogP contribution is -2.44. The largest absolute Gasteiger partial charge is 0.339 e. The zero-order valence-corrected chi connectivity index (χ0v) is 12.7. The van der Waals surface area contributed by atoms with Crippen LogP contribution in [0, 0.1) is 12.3 Å². The Morgan fingerprint density at radius 3 is 2.78 bits per heavy atom. The van der Waals surface area contributed by atoms with Crippen LogP contribution < -0.4 is 5.32 Å². The van der Waals surface area contributed by atoms with E-state index in [1.165, 1.54) is 0 Å². The van der Waals surface area contributed by atoms with Gasteiger partial charge in [0.1, 0.15) is 0 Å². The molecule has 1 fully saturated rings. The van der Waals surface area contributed by atoms with Gasteiger partial charge in [0, 0.05) is 24.6 Å². The van der Waals surface area contributed by atoms with Gasteiger partial charge in [-0.1, -0.05) is 41.4 Å². The number of nitrogens with one attached hydrogen (secondary N) is 1. The van der Waals surface area contributed by atoms with Crippen molar-refractivity contribution in [3.63, 3.8) is 0 Å². The van der Waals surface area contributed by atoms with Crippen molar-refractivity contribution in [1.29, 1.82) is 0 Å². The fraction of sp³-hybridized carbons (Fsp3) is 0.353. The summed E-state index contributed by atoms with van der Waals surface area (Å²) in [5.41, 5.74) is 0.939. The van der Waals surface area contributed by atoms with E-state index >= 15 is 0 Å². The Bertz CT molecular complexity index is 697. The summed E-state index contributed by atoms with van der Waals surface area (Å²) in [6.07, 6.45) is 6.75. The van der Waals surface area contributed by atoms with Crippen LogP contribution in [-0.4, -0.2) is 40.7 Å². The van der Waals surface area contributed by atoms with E-state index in [1.807, 2.05) is 30.3 Å². The molecule has 0 unspecified atom stereocenters. The molecule has 1 aromatic heterocycles. The Morgan fingerprint density at radius 1 is 1.35 bits per heavy atom. The maximum absolute atomic E-state index is 11.9. The molecule has 1 aliphatic rings. The van der Waals surface area contributed by atoms with Crippen LogP contribution in [0.5, 0.6) is 0 Å². The number of hydrogen-bond donors (Lipinski definition) is 1. The van der Waals surface area contributed by atoms with Crippen LogP contribution in [-0.2, 0) is 0 Å². The van der Waals surface area contributed by atoms with Gasteiger partial charge in [-0.15, -0.1) is 6.42 Å². The van der Waals surface area contributed by atoms with Crippen molar-refractivity contribution in [2.24, 2.45) is 0 Å². The molecule has 0 spiro atoms. The molecule has 1 aromatic carbocycles. The van der Waals surface area contributed by atoms with Gasteiger partial charge in [0.05, 0.1) is 6.54 Å². The third-order valence-corrected chi connectivity index (χ3v) is 3.95. The van der Waals surface area contributed by atoms with Gasteiger partial charge in [-0.05, 0) is 12.8 Å². The third-order valence-electron chi connectivity index (χ3n) is 3.95. The zero-order valence-electron chi connectivity index (χ0n) is 12.7. The monoisotopic (exact) mass is 310 g/mol. The molecule has 118 valence electrons. The number of nitrogens with zero attached hydrogens (tertiary/aromatic N) is 3. The van der Waals surface area contributed by atoms with Gasteiger partial charge >= 0.3 is 6.03 Å². The van der Waals surface area contributed by atoms with Crippen LogP contribution in [0.1, 0.15) is 24.7 Å². The second kappa shape index (κ2) is 6.97. The van der Waals surface area contributed by atoms with Gasteiger partial charge in [-0.2, -0.15) is 4.98 Å². The van der Waals surface area contributed by atoms with Gasteiger partial charge in [-0.3, -0.25) is 0 Å². The molecule has 23 heavy (non-hydrogen) atoms. The molecule has 1 aliphatic heterocycles. The number of carbonyl (C=O) groups excluding carboxylic acids is 1. The topological polar surface area (TPSA) is 71.3 Å². The number of benzene rings is 1. The molecule has 2 amide bonds. The molecule has 0 radical (unpaired) electrons. The van der Waals surface area contributed by atoms with Crippen LogP contribution in [0.4, 0.5) is 4.79 Å². The summed E-state index contributed by atoms with van der Waals surface area (Å²) in [7, 11) is 0. The molecular weight excluding hydrogens is 292 g/mol. The molecular formula is C17H18N4O2. The van der Waals surface area contributed by atoms with Gasteiger partial charge in [0.15, 0.2) is 0 Å². The normalized spacial score (nSPS) is 15.2. The summed E-state index contributed by atoms with van der Waals surface area (Å²) in [4.78, 5) is 18.1. The maximum Gasteiger partial charge on any atom is 0.318 e. The zero-order chi connectivity index (χ0) is 16.1. The molecule has 0 atom stereocenters. The highest BCUT2D eigenvalue weighted by atomic mass is 16.5. The van der Waals surface area contributed by atoms with Gasteiger partial charge < -0.3 is 14.7 Å². The lowest BCUT2D eigenvalue weighted by atomic mass is 9.97. The average Bonchev–Trinajstić information content (AvgIpc) is 3.11. The number of amides is 2. The molecule has 0 bridgehead atoms. The van der Waals surface area contributed by atoms with Crippen molar-refractivity contribution in [3.05, 3.63) is 36.2 Å².